The molecule has 37 heavy (non-hydrogen) atoms. The minimum Gasteiger partial charge on any atom is -0.469 e. The monoisotopic (exact) mass is 514 g/mol. The molecule has 6 heteroatoms. The fourth-order valence-corrected chi connectivity index (χ4v) is 10.7. The van der Waals surface area contributed by atoms with E-state index in [1.54, 1.807) is 13.8 Å². The molecule has 1 aliphatic heterocycles. The zero-order valence-corrected chi connectivity index (χ0v) is 23.7. The molecule has 9 atom stereocenters. The molecule has 1 saturated heterocycles. The molecule has 0 aromatic carbocycles. The Balaban J connectivity index is 1.44. The first-order chi connectivity index (χ1) is 17.1. The van der Waals surface area contributed by atoms with Crippen molar-refractivity contribution < 1.29 is 29.0 Å². The van der Waals surface area contributed by atoms with Crippen LogP contribution in [0.15, 0.2) is 12.2 Å². The lowest BCUT2D eigenvalue weighted by Gasteiger charge is -2.61. The average Bonchev–Trinajstić information content (AvgIpc) is 3.25. The van der Waals surface area contributed by atoms with Crippen LogP contribution in [0.2, 0.25) is 0 Å². The first-order valence-corrected chi connectivity index (χ1v) is 14.3. The van der Waals surface area contributed by atoms with Gasteiger partial charge in [0.05, 0.1) is 12.7 Å². The normalized spacial score (nSPS) is 44.7. The smallest absolute Gasteiger partial charge is 0.334 e. The number of carbonyl (C=O) groups excluding carboxylic acids is 3. The molecule has 206 valence electrons. The van der Waals surface area contributed by atoms with E-state index in [-0.39, 0.29) is 63.7 Å². The van der Waals surface area contributed by atoms with Gasteiger partial charge in [-0.15, -0.1) is 0 Å². The summed E-state index contributed by atoms with van der Waals surface area (Å²) < 4.78 is 11.0. The lowest BCUT2D eigenvalue weighted by Crippen LogP contribution is -2.56. The molecule has 0 unspecified atom stereocenters. The Bertz CT molecular complexity index is 1030. The van der Waals surface area contributed by atoms with Crippen molar-refractivity contribution in [3.63, 3.8) is 0 Å². The minimum atomic E-state index is -0.969. The maximum Gasteiger partial charge on any atom is 0.334 e. The van der Waals surface area contributed by atoms with Gasteiger partial charge in [0.2, 0.25) is 0 Å². The summed E-state index contributed by atoms with van der Waals surface area (Å²) in [5.74, 6) is 0.824. The second kappa shape index (κ2) is 8.40. The van der Waals surface area contributed by atoms with Gasteiger partial charge in [-0.05, 0) is 98.2 Å². The highest BCUT2D eigenvalue weighted by molar-refractivity contribution is 5.91. The number of hydrogen-bond donors (Lipinski definition) is 1. The zero-order chi connectivity index (χ0) is 27.2. The van der Waals surface area contributed by atoms with Crippen LogP contribution < -0.4 is 0 Å². The third-order valence-corrected chi connectivity index (χ3v) is 12.3. The molecule has 0 aromatic rings. The molecule has 0 radical (unpaired) electrons. The van der Waals surface area contributed by atoms with Crippen LogP contribution in [-0.4, -0.2) is 41.6 Å². The molecule has 0 bridgehead atoms. The molecule has 1 spiro atoms. The zero-order valence-electron chi connectivity index (χ0n) is 23.7. The highest BCUT2D eigenvalue weighted by Crippen LogP contribution is 2.88. The first kappa shape index (κ1) is 26.9. The van der Waals surface area contributed by atoms with Gasteiger partial charge >= 0.3 is 11.9 Å². The number of aliphatic hydroxyl groups is 1. The Hall–Kier alpha value is -1.69. The summed E-state index contributed by atoms with van der Waals surface area (Å²) in [7, 11) is 1.44. The van der Waals surface area contributed by atoms with Gasteiger partial charge in [0, 0.05) is 30.8 Å². The number of carbonyl (C=O) groups is 3. The van der Waals surface area contributed by atoms with E-state index in [0.717, 1.165) is 44.9 Å². The number of rotatable bonds is 8. The fourth-order valence-electron chi connectivity index (χ4n) is 10.7. The quantitative estimate of drug-likeness (QED) is 0.344. The van der Waals surface area contributed by atoms with Crippen molar-refractivity contribution >= 4 is 17.7 Å². The number of fused-ring (bicyclic) bond motifs is 4. The van der Waals surface area contributed by atoms with Gasteiger partial charge in [-0.1, -0.05) is 27.4 Å². The Morgan fingerprint density at radius 3 is 2.57 bits per heavy atom. The molecule has 5 fully saturated rings. The molecule has 4 aliphatic carbocycles. The third-order valence-electron chi connectivity index (χ3n) is 12.3. The molecule has 1 N–H and O–H groups in total. The topological polar surface area (TPSA) is 89.9 Å². The van der Waals surface area contributed by atoms with Crippen LogP contribution in [0.4, 0.5) is 0 Å². The second-order valence-electron chi connectivity index (χ2n) is 14.5. The maximum atomic E-state index is 12.8. The van der Waals surface area contributed by atoms with Crippen LogP contribution in [0, 0.1) is 45.3 Å². The molecular formula is C31H46O6. The largest absolute Gasteiger partial charge is 0.469 e. The van der Waals surface area contributed by atoms with Gasteiger partial charge in [0.15, 0.2) is 0 Å². The summed E-state index contributed by atoms with van der Waals surface area (Å²) in [5, 5.41) is 10.1. The number of ether oxygens (including phenoxy) is 2. The van der Waals surface area contributed by atoms with Gasteiger partial charge in [-0.2, -0.15) is 0 Å². The number of Topliss-reactive ketones (excluding diaryl/α,β-unsaturated/α-hetero) is 1. The summed E-state index contributed by atoms with van der Waals surface area (Å²) in [5.41, 5.74) is -0.190. The average molecular weight is 515 g/mol. The van der Waals surface area contributed by atoms with Crippen molar-refractivity contribution in [1.29, 1.82) is 0 Å². The summed E-state index contributed by atoms with van der Waals surface area (Å²) in [6.07, 6.45) is 7.99. The summed E-state index contributed by atoms with van der Waals surface area (Å²) in [4.78, 5) is 37.7. The molecule has 5 aliphatic rings. The van der Waals surface area contributed by atoms with E-state index in [9.17, 15) is 19.5 Å². The fraction of sp³-hybridized carbons (Fsp3) is 0.839. The molecule has 4 saturated carbocycles. The number of ketones is 1. The van der Waals surface area contributed by atoms with Crippen molar-refractivity contribution in [1.82, 2.24) is 0 Å². The van der Waals surface area contributed by atoms with Crippen molar-refractivity contribution in [3.05, 3.63) is 12.2 Å². The Morgan fingerprint density at radius 2 is 1.92 bits per heavy atom. The standard InChI is InChI=1S/C31H46O6/c1-18(14-20(32)16-27(3,4)35)21-8-10-29(6)23-15-22-25(19(2)26(34)37-22)31(11-9-24(33)36-7)17-30(23,31)13-12-28(21,29)5/h18,21-23,25,35H,2,8-17H2,1,3-7H3/t18-,21-,22-,23+,25-,28-,29+,30+,31-/m1/s1. The van der Waals surface area contributed by atoms with Crippen LogP contribution >= 0.6 is 0 Å². The molecule has 5 rings (SSSR count). The van der Waals surface area contributed by atoms with Crippen LogP contribution in [0.1, 0.15) is 98.8 Å². The van der Waals surface area contributed by atoms with Gasteiger partial charge in [0.1, 0.15) is 11.9 Å². The minimum absolute atomic E-state index is 0.00411. The number of methoxy groups -OCH3 is 1. The predicted octanol–water partition coefficient (Wildman–Crippen LogP) is 5.41. The lowest BCUT2D eigenvalue weighted by atomic mass is 9.43. The predicted molar refractivity (Wildman–Crippen MR) is 139 cm³/mol. The van der Waals surface area contributed by atoms with Gasteiger partial charge in [-0.3, -0.25) is 9.59 Å². The number of hydrogen-bond acceptors (Lipinski definition) is 6. The first-order valence-electron chi connectivity index (χ1n) is 14.3. The Labute approximate surface area is 221 Å². The van der Waals surface area contributed by atoms with E-state index in [1.807, 2.05) is 0 Å². The Morgan fingerprint density at radius 1 is 1.22 bits per heavy atom. The van der Waals surface area contributed by atoms with E-state index >= 15 is 0 Å². The van der Waals surface area contributed by atoms with E-state index in [2.05, 4.69) is 27.4 Å². The van der Waals surface area contributed by atoms with Crippen LogP contribution in [0.3, 0.4) is 0 Å². The van der Waals surface area contributed by atoms with Crippen LogP contribution in [0.25, 0.3) is 0 Å². The molecule has 6 nitrogen and oxygen atoms in total. The summed E-state index contributed by atoms with van der Waals surface area (Å²) in [6.45, 7) is 14.7. The van der Waals surface area contributed by atoms with Crippen molar-refractivity contribution in [2.45, 2.75) is 111 Å². The molecule has 0 aromatic heterocycles. The van der Waals surface area contributed by atoms with Crippen LogP contribution in [-0.2, 0) is 23.9 Å². The third kappa shape index (κ3) is 3.71. The van der Waals surface area contributed by atoms with Crippen LogP contribution in [0.5, 0.6) is 0 Å². The lowest BCUT2D eigenvalue weighted by molar-refractivity contribution is -0.158. The molecule has 1 heterocycles. The SMILES string of the molecule is C=C1C(=O)O[C@@H]2C[C@@H]3[C@]4(CC[C@]5(C)[C@@H]([C@H](C)CC(=O)CC(C)(C)O)CC[C@@]35C)C[C@]4(CCC(=O)OC)[C@H]12. The van der Waals surface area contributed by atoms with E-state index < -0.39 is 5.60 Å². The van der Waals surface area contributed by atoms with Crippen molar-refractivity contribution in [2.24, 2.45) is 45.3 Å². The molecule has 0 amide bonds. The van der Waals surface area contributed by atoms with Crippen molar-refractivity contribution in [2.75, 3.05) is 7.11 Å². The summed E-state index contributed by atoms with van der Waals surface area (Å²) in [6, 6.07) is 0. The summed E-state index contributed by atoms with van der Waals surface area (Å²) >= 11 is 0. The second-order valence-corrected chi connectivity index (χ2v) is 14.5. The number of esters is 2. The van der Waals surface area contributed by atoms with E-state index in [4.69, 9.17) is 9.47 Å². The maximum absolute atomic E-state index is 12.8. The highest BCUT2D eigenvalue weighted by atomic mass is 16.6. The van der Waals surface area contributed by atoms with Crippen molar-refractivity contribution in [3.8, 4) is 0 Å². The Kier molecular flexibility index (Phi) is 6.11. The van der Waals surface area contributed by atoms with E-state index in [1.165, 1.54) is 7.11 Å². The van der Waals surface area contributed by atoms with E-state index in [0.29, 0.717) is 30.3 Å². The highest BCUT2D eigenvalue weighted by Gasteiger charge is 2.83. The molecular weight excluding hydrogens is 468 g/mol. The van der Waals surface area contributed by atoms with Gasteiger partial charge < -0.3 is 14.6 Å². The van der Waals surface area contributed by atoms with Gasteiger partial charge in [0.25, 0.3) is 0 Å². The van der Waals surface area contributed by atoms with Gasteiger partial charge in [-0.25, -0.2) is 4.79 Å².